The van der Waals surface area contributed by atoms with Crippen LogP contribution in [0.5, 0.6) is 0 Å². The Balaban J connectivity index is 2.03. The molecule has 3 aromatic rings. The first-order chi connectivity index (χ1) is 10.1. The number of H-pyrrole nitrogens is 1. The van der Waals surface area contributed by atoms with Crippen molar-refractivity contribution in [2.75, 3.05) is 7.05 Å². The maximum absolute atomic E-state index is 11.8. The van der Waals surface area contributed by atoms with Crippen LogP contribution in [-0.2, 0) is 6.54 Å². The number of hydrogen-bond donors (Lipinski definition) is 2. The first-order valence-electron chi connectivity index (χ1n) is 6.55. The molecule has 0 spiro atoms. The largest absolute Gasteiger partial charge is 0.344 e. The molecule has 0 aromatic carbocycles. The Morgan fingerprint density at radius 1 is 1.52 bits per heavy atom. The van der Waals surface area contributed by atoms with E-state index in [9.17, 15) is 4.79 Å². The Morgan fingerprint density at radius 3 is 3.05 bits per heavy atom. The lowest BCUT2D eigenvalue weighted by molar-refractivity contribution is 0.533. The fourth-order valence-corrected chi connectivity index (χ4v) is 3.99. The third-order valence-electron chi connectivity index (χ3n) is 3.04. The molecule has 0 radical (unpaired) electrons. The molecule has 0 aliphatic heterocycles. The quantitative estimate of drug-likeness (QED) is 0.747. The van der Waals surface area contributed by atoms with E-state index < -0.39 is 0 Å². The van der Waals surface area contributed by atoms with E-state index >= 15 is 0 Å². The molecule has 0 unspecified atom stereocenters. The summed E-state index contributed by atoms with van der Waals surface area (Å²) in [5, 5.41) is 13.3. The molecule has 9 heteroatoms. The van der Waals surface area contributed by atoms with E-state index in [1.807, 2.05) is 32.5 Å². The minimum atomic E-state index is -0.191. The Bertz CT molecular complexity index is 811. The molecule has 0 fully saturated rings. The van der Waals surface area contributed by atoms with Gasteiger partial charge in [0.25, 0.3) is 0 Å². The molecular weight excluding hydrogens is 308 g/mol. The standard InChI is InChI=1S/C12H16N6OS2/c1-7(2)18-10(19)15-16-12(18)21-9-8(6-13-3)17-4-5-20-11(17)14-9/h4-5,7,13H,6H2,1-3H3,(H,15,19). The number of fused-ring (bicyclic) bond motifs is 1. The zero-order valence-corrected chi connectivity index (χ0v) is 13.6. The van der Waals surface area contributed by atoms with Gasteiger partial charge in [0, 0.05) is 24.2 Å². The van der Waals surface area contributed by atoms with Crippen molar-refractivity contribution in [3.05, 3.63) is 27.8 Å². The molecule has 112 valence electrons. The van der Waals surface area contributed by atoms with E-state index in [2.05, 4.69) is 24.9 Å². The highest BCUT2D eigenvalue weighted by molar-refractivity contribution is 7.99. The van der Waals surface area contributed by atoms with Gasteiger partial charge in [-0.3, -0.25) is 8.97 Å². The van der Waals surface area contributed by atoms with Gasteiger partial charge in [-0.1, -0.05) is 0 Å². The van der Waals surface area contributed by atoms with Crippen molar-refractivity contribution >= 4 is 28.1 Å². The number of hydrogen-bond acceptors (Lipinski definition) is 6. The zero-order valence-electron chi connectivity index (χ0n) is 12.0. The lowest BCUT2D eigenvalue weighted by Gasteiger charge is -2.08. The first kappa shape index (κ1) is 14.4. The van der Waals surface area contributed by atoms with Gasteiger partial charge in [0.2, 0.25) is 0 Å². The summed E-state index contributed by atoms with van der Waals surface area (Å²) in [5.41, 5.74) is 0.883. The highest BCUT2D eigenvalue weighted by Gasteiger charge is 2.18. The summed E-state index contributed by atoms with van der Waals surface area (Å²) in [4.78, 5) is 17.4. The zero-order chi connectivity index (χ0) is 15.0. The molecule has 0 saturated carbocycles. The molecule has 2 N–H and O–H groups in total. The van der Waals surface area contributed by atoms with Gasteiger partial charge in [-0.05, 0) is 32.7 Å². The summed E-state index contributed by atoms with van der Waals surface area (Å²) in [6.45, 7) is 4.62. The van der Waals surface area contributed by atoms with Crippen molar-refractivity contribution in [1.29, 1.82) is 0 Å². The molecule has 7 nitrogen and oxygen atoms in total. The van der Waals surface area contributed by atoms with Crippen LogP contribution in [-0.4, -0.2) is 31.2 Å². The molecule has 0 atom stereocenters. The maximum atomic E-state index is 11.8. The van der Waals surface area contributed by atoms with Gasteiger partial charge in [-0.2, -0.15) is 0 Å². The van der Waals surface area contributed by atoms with Crippen molar-refractivity contribution in [3.63, 3.8) is 0 Å². The Kier molecular flexibility index (Phi) is 3.87. The SMILES string of the molecule is CNCc1c(Sc2n[nH]c(=O)n2C(C)C)nc2sccn12. The van der Waals surface area contributed by atoms with Crippen LogP contribution in [0.1, 0.15) is 25.6 Å². The molecule has 0 bridgehead atoms. The summed E-state index contributed by atoms with van der Waals surface area (Å²) in [6, 6.07) is 0.0511. The second-order valence-corrected chi connectivity index (χ2v) is 6.66. The fraction of sp³-hybridized carbons (Fsp3) is 0.417. The lowest BCUT2D eigenvalue weighted by atomic mass is 10.4. The number of aromatic nitrogens is 5. The van der Waals surface area contributed by atoms with Crippen molar-refractivity contribution in [2.45, 2.75) is 36.6 Å². The van der Waals surface area contributed by atoms with Gasteiger partial charge < -0.3 is 5.32 Å². The third-order valence-corrected chi connectivity index (χ3v) is 4.79. The Hall–Kier alpha value is -1.58. The average Bonchev–Trinajstić information content (AvgIpc) is 3.08. The van der Waals surface area contributed by atoms with E-state index in [0.717, 1.165) is 15.7 Å². The summed E-state index contributed by atoms with van der Waals surface area (Å²) in [6.07, 6.45) is 2.00. The fourth-order valence-electron chi connectivity index (χ4n) is 2.13. The third kappa shape index (κ3) is 2.52. The second kappa shape index (κ2) is 5.66. The van der Waals surface area contributed by atoms with Crippen LogP contribution in [0.3, 0.4) is 0 Å². The molecule has 3 rings (SSSR count). The topological polar surface area (TPSA) is 80.0 Å². The number of imidazole rings is 1. The number of nitrogens with one attached hydrogen (secondary N) is 2. The smallest absolute Gasteiger partial charge is 0.314 e. The maximum Gasteiger partial charge on any atom is 0.344 e. The molecular formula is C12H16N6OS2. The van der Waals surface area contributed by atoms with E-state index in [0.29, 0.717) is 11.7 Å². The molecule has 0 aliphatic carbocycles. The van der Waals surface area contributed by atoms with Crippen molar-refractivity contribution in [3.8, 4) is 0 Å². The number of thiazole rings is 1. The number of aromatic amines is 1. The molecule has 0 amide bonds. The van der Waals surface area contributed by atoms with Crippen LogP contribution >= 0.6 is 23.1 Å². The van der Waals surface area contributed by atoms with Crippen LogP contribution in [0.2, 0.25) is 0 Å². The highest BCUT2D eigenvalue weighted by atomic mass is 32.2. The van der Waals surface area contributed by atoms with Crippen LogP contribution < -0.4 is 11.0 Å². The van der Waals surface area contributed by atoms with E-state index in [-0.39, 0.29) is 11.7 Å². The Labute approximate surface area is 129 Å². The lowest BCUT2D eigenvalue weighted by Crippen LogP contribution is -2.19. The second-order valence-electron chi connectivity index (χ2n) is 4.83. The normalized spacial score (nSPS) is 11.8. The van der Waals surface area contributed by atoms with Crippen LogP contribution in [0.25, 0.3) is 4.96 Å². The van der Waals surface area contributed by atoms with E-state index in [4.69, 9.17) is 0 Å². The van der Waals surface area contributed by atoms with Crippen LogP contribution in [0.4, 0.5) is 0 Å². The molecule has 3 heterocycles. The van der Waals surface area contributed by atoms with Crippen molar-refractivity contribution in [1.82, 2.24) is 29.5 Å². The molecule has 0 saturated heterocycles. The van der Waals surface area contributed by atoms with Gasteiger partial charge in [-0.15, -0.1) is 16.4 Å². The first-order valence-corrected chi connectivity index (χ1v) is 8.25. The minimum Gasteiger partial charge on any atom is -0.314 e. The van der Waals surface area contributed by atoms with Gasteiger partial charge in [-0.25, -0.2) is 14.9 Å². The van der Waals surface area contributed by atoms with Gasteiger partial charge >= 0.3 is 5.69 Å². The summed E-state index contributed by atoms with van der Waals surface area (Å²) in [7, 11) is 1.90. The van der Waals surface area contributed by atoms with E-state index in [1.165, 1.54) is 11.8 Å². The summed E-state index contributed by atoms with van der Waals surface area (Å²) >= 11 is 3.00. The van der Waals surface area contributed by atoms with Crippen molar-refractivity contribution in [2.24, 2.45) is 0 Å². The predicted molar refractivity (Wildman–Crippen MR) is 83.2 cm³/mol. The van der Waals surface area contributed by atoms with Crippen LogP contribution in [0.15, 0.2) is 26.6 Å². The van der Waals surface area contributed by atoms with Crippen LogP contribution in [0, 0.1) is 0 Å². The minimum absolute atomic E-state index is 0.0511. The van der Waals surface area contributed by atoms with Gasteiger partial charge in [0.15, 0.2) is 10.1 Å². The molecule has 21 heavy (non-hydrogen) atoms. The molecule has 0 aliphatic rings. The molecule has 3 aromatic heterocycles. The van der Waals surface area contributed by atoms with Gasteiger partial charge in [0.05, 0.1) is 5.69 Å². The van der Waals surface area contributed by atoms with Gasteiger partial charge in [0.1, 0.15) is 5.03 Å². The highest BCUT2D eigenvalue weighted by Crippen LogP contribution is 2.31. The number of nitrogens with zero attached hydrogens (tertiary/aromatic N) is 4. The van der Waals surface area contributed by atoms with E-state index in [1.54, 1.807) is 15.9 Å². The Morgan fingerprint density at radius 2 is 2.33 bits per heavy atom. The monoisotopic (exact) mass is 324 g/mol. The number of rotatable bonds is 5. The predicted octanol–water partition coefficient (Wildman–Crippen LogP) is 1.73. The summed E-state index contributed by atoms with van der Waals surface area (Å²) < 4.78 is 3.70. The average molecular weight is 324 g/mol. The van der Waals surface area contributed by atoms with Crippen molar-refractivity contribution < 1.29 is 0 Å². The summed E-state index contributed by atoms with van der Waals surface area (Å²) in [5.74, 6) is 0.